The van der Waals surface area contributed by atoms with E-state index in [9.17, 15) is 4.79 Å². The fraction of sp³-hybridized carbons (Fsp3) is 0.714. The lowest BCUT2D eigenvalue weighted by atomic mass is 10.1. The van der Waals surface area contributed by atoms with Gasteiger partial charge in [0.1, 0.15) is 0 Å². The molecule has 0 unspecified atom stereocenters. The molecule has 0 fully saturated rings. The van der Waals surface area contributed by atoms with Gasteiger partial charge in [0.05, 0.1) is 0 Å². The van der Waals surface area contributed by atoms with Crippen molar-refractivity contribution in [3.05, 3.63) is 21.6 Å². The molecular formula is C14H24N2OS. The number of nitrogens with one attached hydrogen (secondary N) is 1. The summed E-state index contributed by atoms with van der Waals surface area (Å²) in [6.07, 6.45) is 10.3. The van der Waals surface area contributed by atoms with E-state index in [0.29, 0.717) is 5.16 Å². The van der Waals surface area contributed by atoms with E-state index in [4.69, 9.17) is 0 Å². The number of nitrogens with zero attached hydrogens (tertiary/aromatic N) is 1. The lowest BCUT2D eigenvalue weighted by molar-refractivity contribution is 0.604. The van der Waals surface area contributed by atoms with Gasteiger partial charge in [0.15, 0.2) is 5.16 Å². The monoisotopic (exact) mass is 268 g/mol. The van der Waals surface area contributed by atoms with Gasteiger partial charge in [-0.15, -0.1) is 0 Å². The number of rotatable bonds is 8. The number of hydrogen-bond donors (Lipinski definition) is 1. The Hall–Kier alpha value is -0.770. The van der Waals surface area contributed by atoms with Crippen LogP contribution in [0.15, 0.2) is 9.95 Å². The van der Waals surface area contributed by atoms with E-state index in [0.717, 1.165) is 24.1 Å². The van der Waals surface area contributed by atoms with Crippen molar-refractivity contribution < 1.29 is 0 Å². The molecular weight excluding hydrogens is 244 g/mol. The molecule has 0 spiro atoms. The maximum absolute atomic E-state index is 11.8. The Balaban J connectivity index is 2.45. The lowest BCUT2D eigenvalue weighted by Crippen LogP contribution is -2.17. The molecule has 0 aliphatic carbocycles. The second-order valence-corrected chi connectivity index (χ2v) is 5.47. The molecule has 102 valence electrons. The van der Waals surface area contributed by atoms with Crippen LogP contribution in [0.5, 0.6) is 0 Å². The third-order valence-corrected chi connectivity index (χ3v) is 3.76. The van der Waals surface area contributed by atoms with Crippen LogP contribution in [0, 0.1) is 6.92 Å². The highest BCUT2D eigenvalue weighted by atomic mass is 32.2. The molecule has 1 N–H and O–H groups in total. The predicted molar refractivity (Wildman–Crippen MR) is 78.5 cm³/mol. The topological polar surface area (TPSA) is 45.8 Å². The highest BCUT2D eigenvalue weighted by Gasteiger charge is 2.07. The van der Waals surface area contributed by atoms with Crippen LogP contribution >= 0.6 is 11.8 Å². The second kappa shape index (κ2) is 8.35. The standard InChI is InChI=1S/C14H24N2OS/c1-4-5-6-7-8-9-10-12-11(2)15-14(18-3)16-13(12)17/h4-10H2,1-3H3,(H,15,16,17). The summed E-state index contributed by atoms with van der Waals surface area (Å²) >= 11 is 1.48. The van der Waals surface area contributed by atoms with Gasteiger partial charge in [0.25, 0.3) is 5.56 Å². The van der Waals surface area contributed by atoms with Crippen LogP contribution in [0.2, 0.25) is 0 Å². The molecule has 0 amide bonds. The molecule has 0 bridgehead atoms. The van der Waals surface area contributed by atoms with Crippen molar-refractivity contribution in [1.82, 2.24) is 9.97 Å². The Bertz CT molecular complexity index is 415. The molecule has 4 heteroatoms. The van der Waals surface area contributed by atoms with Crippen molar-refractivity contribution in [2.75, 3.05) is 6.26 Å². The quantitative estimate of drug-likeness (QED) is 0.444. The fourth-order valence-electron chi connectivity index (χ4n) is 2.06. The SMILES string of the molecule is CCCCCCCCc1c(C)[nH]c(SC)nc1=O. The molecule has 0 aliphatic rings. The van der Waals surface area contributed by atoms with Crippen molar-refractivity contribution in [1.29, 1.82) is 0 Å². The van der Waals surface area contributed by atoms with E-state index in [1.807, 2.05) is 13.2 Å². The number of aromatic nitrogens is 2. The van der Waals surface area contributed by atoms with E-state index in [2.05, 4.69) is 16.9 Å². The van der Waals surface area contributed by atoms with Gasteiger partial charge in [-0.3, -0.25) is 4.79 Å². The summed E-state index contributed by atoms with van der Waals surface area (Å²) in [6.45, 7) is 4.19. The van der Waals surface area contributed by atoms with Gasteiger partial charge < -0.3 is 4.98 Å². The first-order valence-corrected chi connectivity index (χ1v) is 8.05. The van der Waals surface area contributed by atoms with E-state index in [-0.39, 0.29) is 5.56 Å². The van der Waals surface area contributed by atoms with Gasteiger partial charge in [0.2, 0.25) is 0 Å². The summed E-state index contributed by atoms with van der Waals surface area (Å²) in [6, 6.07) is 0. The van der Waals surface area contributed by atoms with Gasteiger partial charge in [-0.1, -0.05) is 50.8 Å². The third kappa shape index (κ3) is 4.84. The van der Waals surface area contributed by atoms with Crippen LogP contribution in [0.1, 0.15) is 56.7 Å². The number of unbranched alkanes of at least 4 members (excludes halogenated alkanes) is 5. The zero-order valence-corrected chi connectivity index (χ0v) is 12.5. The van der Waals surface area contributed by atoms with E-state index >= 15 is 0 Å². The van der Waals surface area contributed by atoms with Crippen molar-refractivity contribution in [2.24, 2.45) is 0 Å². The summed E-state index contributed by atoms with van der Waals surface area (Å²) in [5.74, 6) is 0. The number of thioether (sulfide) groups is 1. The Kier molecular flexibility index (Phi) is 7.09. The molecule has 0 saturated heterocycles. The molecule has 0 saturated carbocycles. The molecule has 0 radical (unpaired) electrons. The van der Waals surface area contributed by atoms with Gasteiger partial charge in [-0.2, -0.15) is 4.98 Å². The first-order chi connectivity index (χ1) is 8.69. The average Bonchev–Trinajstić information content (AvgIpc) is 2.35. The Morgan fingerprint density at radius 3 is 2.44 bits per heavy atom. The van der Waals surface area contributed by atoms with Crippen molar-refractivity contribution in [2.45, 2.75) is 63.9 Å². The third-order valence-electron chi connectivity index (χ3n) is 3.18. The summed E-state index contributed by atoms with van der Waals surface area (Å²) in [4.78, 5) is 19.1. The minimum absolute atomic E-state index is 0.0517. The summed E-state index contributed by atoms with van der Waals surface area (Å²) < 4.78 is 0. The molecule has 1 aromatic rings. The zero-order valence-electron chi connectivity index (χ0n) is 11.7. The normalized spacial score (nSPS) is 10.8. The lowest BCUT2D eigenvalue weighted by Gasteiger charge is -2.06. The Labute approximate surface area is 114 Å². The highest BCUT2D eigenvalue weighted by Crippen LogP contribution is 2.12. The van der Waals surface area contributed by atoms with Crippen molar-refractivity contribution in [3.8, 4) is 0 Å². The summed E-state index contributed by atoms with van der Waals surface area (Å²) in [5, 5.41) is 0.712. The Morgan fingerprint density at radius 1 is 1.17 bits per heavy atom. The summed E-state index contributed by atoms with van der Waals surface area (Å²) in [7, 11) is 0. The Morgan fingerprint density at radius 2 is 1.83 bits per heavy atom. The number of aromatic amines is 1. The fourth-order valence-corrected chi connectivity index (χ4v) is 2.49. The maximum Gasteiger partial charge on any atom is 0.277 e. The van der Waals surface area contributed by atoms with E-state index in [1.54, 1.807) is 0 Å². The first-order valence-electron chi connectivity index (χ1n) is 6.82. The predicted octanol–water partition coefficient (Wildman–Crippen LogP) is 3.70. The maximum atomic E-state index is 11.8. The number of hydrogen-bond acceptors (Lipinski definition) is 3. The molecule has 0 aliphatic heterocycles. The van der Waals surface area contributed by atoms with E-state index in [1.165, 1.54) is 43.9 Å². The second-order valence-electron chi connectivity index (χ2n) is 4.67. The van der Waals surface area contributed by atoms with Crippen molar-refractivity contribution in [3.63, 3.8) is 0 Å². The molecule has 3 nitrogen and oxygen atoms in total. The van der Waals surface area contributed by atoms with Gasteiger partial charge in [-0.05, 0) is 26.0 Å². The van der Waals surface area contributed by atoms with Gasteiger partial charge >= 0.3 is 0 Å². The average molecular weight is 268 g/mol. The number of H-pyrrole nitrogens is 1. The number of aryl methyl sites for hydroxylation is 1. The van der Waals surface area contributed by atoms with Crippen LogP contribution in [-0.2, 0) is 6.42 Å². The van der Waals surface area contributed by atoms with Crippen LogP contribution in [0.4, 0.5) is 0 Å². The van der Waals surface area contributed by atoms with Crippen molar-refractivity contribution >= 4 is 11.8 Å². The first kappa shape index (κ1) is 15.3. The molecule has 18 heavy (non-hydrogen) atoms. The van der Waals surface area contributed by atoms with E-state index < -0.39 is 0 Å². The molecule has 0 atom stereocenters. The summed E-state index contributed by atoms with van der Waals surface area (Å²) in [5.41, 5.74) is 1.79. The smallest absolute Gasteiger partial charge is 0.277 e. The minimum Gasteiger partial charge on any atom is -0.338 e. The van der Waals surface area contributed by atoms with Crippen LogP contribution in [-0.4, -0.2) is 16.2 Å². The molecule has 1 rings (SSSR count). The molecule has 1 heterocycles. The zero-order chi connectivity index (χ0) is 13.4. The highest BCUT2D eigenvalue weighted by molar-refractivity contribution is 7.98. The largest absolute Gasteiger partial charge is 0.338 e. The van der Waals surface area contributed by atoms with Crippen LogP contribution in [0.25, 0.3) is 0 Å². The molecule has 0 aromatic carbocycles. The van der Waals surface area contributed by atoms with Crippen LogP contribution < -0.4 is 5.56 Å². The minimum atomic E-state index is -0.0517. The van der Waals surface area contributed by atoms with Crippen LogP contribution in [0.3, 0.4) is 0 Å². The molecule has 1 aromatic heterocycles. The van der Waals surface area contributed by atoms with Gasteiger partial charge in [0, 0.05) is 11.3 Å². The van der Waals surface area contributed by atoms with Gasteiger partial charge in [-0.25, -0.2) is 0 Å².